The molecule has 0 saturated carbocycles. The van der Waals surface area contributed by atoms with E-state index in [0.29, 0.717) is 89.5 Å². The minimum atomic E-state index is -4.71. The van der Waals surface area contributed by atoms with Crippen LogP contribution in [0.2, 0.25) is 0 Å². The number of hydrogen-bond acceptors (Lipinski definition) is 6. The van der Waals surface area contributed by atoms with Gasteiger partial charge in [-0.2, -0.15) is 46.3 Å². The minimum Gasteiger partial charge on any atom is -0.278 e. The number of hydrogen-bond donors (Lipinski definition) is 0. The third-order valence-corrected chi connectivity index (χ3v) is 12.3. The van der Waals surface area contributed by atoms with Gasteiger partial charge < -0.3 is 0 Å². The molecule has 0 fully saturated rings. The zero-order valence-electron chi connectivity index (χ0n) is 36.3. The summed E-state index contributed by atoms with van der Waals surface area (Å²) in [6.07, 6.45) is -9.43. The summed E-state index contributed by atoms with van der Waals surface area (Å²) in [6.45, 7) is 0. The molecule has 4 heterocycles. The molecule has 70 heavy (non-hydrogen) atoms. The van der Waals surface area contributed by atoms with Crippen molar-refractivity contribution in [2.75, 3.05) is 0 Å². The van der Waals surface area contributed by atoms with Crippen molar-refractivity contribution in [1.82, 2.24) is 39.0 Å². The van der Waals surface area contributed by atoms with Gasteiger partial charge in [-0.3, -0.25) is 9.13 Å². The van der Waals surface area contributed by atoms with Crippen LogP contribution in [0.1, 0.15) is 11.1 Å². The molecular formula is C56H32F6N8. The topological polar surface area (TPSA) is 87.2 Å². The van der Waals surface area contributed by atoms with E-state index in [0.717, 1.165) is 24.3 Å². The number of nitrogens with zero attached hydrogens (tertiary/aromatic N) is 8. The predicted molar refractivity (Wildman–Crippen MR) is 259 cm³/mol. The first kappa shape index (κ1) is 42.3. The Labute approximate surface area is 393 Å². The summed E-state index contributed by atoms with van der Waals surface area (Å²) in [7, 11) is 0. The first-order valence-corrected chi connectivity index (χ1v) is 22.0. The Hall–Kier alpha value is -9.04. The molecule has 0 unspecified atom stereocenters. The normalized spacial score (nSPS) is 12.1. The van der Waals surface area contributed by atoms with Gasteiger partial charge in [0.1, 0.15) is 0 Å². The highest BCUT2D eigenvalue weighted by Crippen LogP contribution is 2.46. The molecule has 0 spiro atoms. The zero-order valence-corrected chi connectivity index (χ0v) is 36.3. The summed E-state index contributed by atoms with van der Waals surface area (Å²) in [5.41, 5.74) is 3.51. The van der Waals surface area contributed by atoms with Crippen molar-refractivity contribution in [3.8, 4) is 68.6 Å². The molecule has 12 aromatic rings. The van der Waals surface area contributed by atoms with E-state index in [1.807, 2.05) is 121 Å². The first-order valence-electron chi connectivity index (χ1n) is 22.0. The average molecular weight is 931 g/mol. The monoisotopic (exact) mass is 930 g/mol. The van der Waals surface area contributed by atoms with Gasteiger partial charge in [-0.1, -0.05) is 146 Å². The number of alkyl halides is 6. The van der Waals surface area contributed by atoms with Crippen molar-refractivity contribution in [2.24, 2.45) is 0 Å². The van der Waals surface area contributed by atoms with Crippen molar-refractivity contribution in [3.63, 3.8) is 0 Å². The van der Waals surface area contributed by atoms with Gasteiger partial charge in [-0.15, -0.1) is 0 Å². The van der Waals surface area contributed by atoms with Crippen LogP contribution in [-0.4, -0.2) is 39.0 Å². The number of aromatic nitrogens is 8. The fraction of sp³-hybridized carbons (Fsp3) is 0.0357. The van der Waals surface area contributed by atoms with Crippen LogP contribution in [-0.2, 0) is 12.4 Å². The lowest BCUT2D eigenvalue weighted by molar-refractivity contribution is -0.138. The van der Waals surface area contributed by atoms with Crippen molar-refractivity contribution in [1.29, 1.82) is 0 Å². The SMILES string of the molecule is FC(F)(F)c1ccc2c(c1)c1c(-c3cccc4c3c3cc(C(F)(F)F)ccc3n4-c3nc(-c4ccccc4)nc(-c4ccccc4)n3)cccc1n2-c1nc(-c2ccccc2)nc(-c2ccccc2)n1. The Kier molecular flexibility index (Phi) is 9.88. The summed E-state index contributed by atoms with van der Waals surface area (Å²) >= 11 is 0. The van der Waals surface area contributed by atoms with Crippen molar-refractivity contribution >= 4 is 43.6 Å². The third kappa shape index (κ3) is 7.28. The molecule has 0 aliphatic heterocycles. The largest absolute Gasteiger partial charge is 0.416 e. The summed E-state index contributed by atoms with van der Waals surface area (Å²) in [4.78, 5) is 29.5. The fourth-order valence-corrected chi connectivity index (χ4v) is 9.17. The van der Waals surface area contributed by atoms with Crippen LogP contribution in [0.15, 0.2) is 194 Å². The molecule has 0 aliphatic rings. The summed E-state index contributed by atoms with van der Waals surface area (Å²) in [5.74, 6) is 1.64. The highest BCUT2D eigenvalue weighted by molar-refractivity contribution is 6.22. The number of benzene rings is 8. The standard InChI is InChI=1S/C56H32F6N8/c57-55(58,59)37-27-29-43-41(31-37)47-39(23-13-25-45(47)69(43)53-65-49(33-15-5-1-6-16-33)63-50(66-53)34-17-7-2-8-18-34)40-24-14-26-46-48(40)42-32-38(56(60,61)62)28-30-44(42)70(46)54-67-51(35-19-9-3-10-20-35)64-52(68-54)36-21-11-4-12-22-36/h1-32H. The van der Waals surface area contributed by atoms with Gasteiger partial charge in [0.05, 0.1) is 33.2 Å². The lowest BCUT2D eigenvalue weighted by atomic mass is 9.94. The molecular weight excluding hydrogens is 899 g/mol. The molecule has 0 radical (unpaired) electrons. The second-order valence-corrected chi connectivity index (χ2v) is 16.6. The van der Waals surface area contributed by atoms with Crippen LogP contribution in [0.25, 0.3) is 112 Å². The number of fused-ring (bicyclic) bond motifs is 6. The maximum atomic E-state index is 14.8. The molecule has 0 aliphatic carbocycles. The van der Waals surface area contributed by atoms with E-state index in [1.165, 1.54) is 12.1 Å². The van der Waals surface area contributed by atoms with Crippen molar-refractivity contribution in [2.45, 2.75) is 12.4 Å². The average Bonchev–Trinajstić information content (AvgIpc) is 3.91. The molecule has 8 aromatic carbocycles. The first-order chi connectivity index (χ1) is 34.0. The van der Waals surface area contributed by atoms with Crippen LogP contribution in [0.5, 0.6) is 0 Å². The van der Waals surface area contributed by atoms with Gasteiger partial charge in [0, 0.05) is 43.8 Å². The molecule has 0 saturated heterocycles. The summed E-state index contributed by atoms with van der Waals surface area (Å²) < 4.78 is 91.9. The van der Waals surface area contributed by atoms with Crippen LogP contribution >= 0.6 is 0 Å². The minimum absolute atomic E-state index is 0.146. The van der Waals surface area contributed by atoms with Gasteiger partial charge in [-0.05, 0) is 59.7 Å². The van der Waals surface area contributed by atoms with Crippen molar-refractivity contribution < 1.29 is 26.3 Å². The Morgan fingerprint density at radius 3 is 0.914 bits per heavy atom. The highest BCUT2D eigenvalue weighted by Gasteiger charge is 2.34. The zero-order chi connectivity index (χ0) is 47.7. The van der Waals surface area contributed by atoms with Crippen LogP contribution in [0, 0.1) is 0 Å². The molecule has 8 nitrogen and oxygen atoms in total. The van der Waals surface area contributed by atoms with Gasteiger partial charge in [0.2, 0.25) is 11.9 Å². The Bertz CT molecular complexity index is 3590. The second-order valence-electron chi connectivity index (χ2n) is 16.6. The third-order valence-electron chi connectivity index (χ3n) is 12.3. The Morgan fingerprint density at radius 2 is 0.614 bits per heavy atom. The quantitative estimate of drug-likeness (QED) is 0.148. The van der Waals surface area contributed by atoms with E-state index in [4.69, 9.17) is 29.9 Å². The fourth-order valence-electron chi connectivity index (χ4n) is 9.17. The molecule has 0 N–H and O–H groups in total. The molecule has 0 atom stereocenters. The van der Waals surface area contributed by atoms with E-state index in [1.54, 1.807) is 45.5 Å². The van der Waals surface area contributed by atoms with E-state index in [2.05, 4.69) is 0 Å². The predicted octanol–water partition coefficient (Wildman–Crippen LogP) is 14.6. The maximum Gasteiger partial charge on any atom is 0.416 e. The lowest BCUT2D eigenvalue weighted by Crippen LogP contribution is -2.07. The van der Waals surface area contributed by atoms with Gasteiger partial charge in [0.25, 0.3) is 0 Å². The van der Waals surface area contributed by atoms with E-state index < -0.39 is 23.5 Å². The molecule has 0 bridgehead atoms. The lowest BCUT2D eigenvalue weighted by Gasteiger charge is -2.12. The van der Waals surface area contributed by atoms with E-state index in [9.17, 15) is 26.3 Å². The van der Waals surface area contributed by atoms with Crippen LogP contribution in [0.4, 0.5) is 26.3 Å². The van der Waals surface area contributed by atoms with Crippen molar-refractivity contribution in [3.05, 3.63) is 205 Å². The van der Waals surface area contributed by atoms with Crippen LogP contribution in [0.3, 0.4) is 0 Å². The maximum absolute atomic E-state index is 14.8. The molecule has 0 amide bonds. The second kappa shape index (κ2) is 16.3. The summed E-state index contributed by atoms with van der Waals surface area (Å²) in [6, 6.07) is 54.8. The smallest absolute Gasteiger partial charge is 0.278 e. The Morgan fingerprint density at radius 1 is 0.300 bits per heavy atom. The number of halogens is 6. The van der Waals surface area contributed by atoms with Crippen LogP contribution < -0.4 is 0 Å². The molecule has 4 aromatic heterocycles. The molecule has 12 rings (SSSR count). The Balaban J connectivity index is 1.17. The number of rotatable bonds is 7. The molecule has 14 heteroatoms. The van der Waals surface area contributed by atoms with E-state index >= 15 is 0 Å². The van der Waals surface area contributed by atoms with Gasteiger partial charge in [0.15, 0.2) is 23.3 Å². The van der Waals surface area contributed by atoms with Gasteiger partial charge in [-0.25, -0.2) is 9.97 Å². The highest BCUT2D eigenvalue weighted by atomic mass is 19.4. The summed E-state index contributed by atoms with van der Waals surface area (Å²) in [5, 5.41) is 1.23. The van der Waals surface area contributed by atoms with Gasteiger partial charge >= 0.3 is 12.4 Å². The van der Waals surface area contributed by atoms with E-state index in [-0.39, 0.29) is 22.7 Å². The molecule has 338 valence electrons.